The molecule has 0 unspecified atom stereocenters. The second kappa shape index (κ2) is 11.4. The molecule has 0 aliphatic rings. The van der Waals surface area contributed by atoms with Crippen molar-refractivity contribution in [3.8, 4) is 16.9 Å². The van der Waals surface area contributed by atoms with E-state index in [0.29, 0.717) is 17.8 Å². The van der Waals surface area contributed by atoms with E-state index in [1.807, 2.05) is 0 Å². The number of carboxylic acids is 1. The summed E-state index contributed by atoms with van der Waals surface area (Å²) in [6.45, 7) is 4.35. The summed E-state index contributed by atoms with van der Waals surface area (Å²) < 4.78 is 37.8. The van der Waals surface area contributed by atoms with E-state index in [1.54, 1.807) is 13.8 Å². The molecule has 0 saturated heterocycles. The Hall–Kier alpha value is -3.47. The van der Waals surface area contributed by atoms with Crippen LogP contribution in [-0.4, -0.2) is 46.2 Å². The van der Waals surface area contributed by atoms with Crippen molar-refractivity contribution in [1.29, 1.82) is 0 Å². The first-order valence-electron chi connectivity index (χ1n) is 9.63. The van der Waals surface area contributed by atoms with Crippen LogP contribution in [0.4, 0.5) is 13.6 Å². The average molecular weight is 481 g/mol. The van der Waals surface area contributed by atoms with Crippen LogP contribution >= 0.6 is 11.8 Å². The van der Waals surface area contributed by atoms with Crippen molar-refractivity contribution in [3.63, 3.8) is 0 Å². The van der Waals surface area contributed by atoms with Gasteiger partial charge in [-0.05, 0) is 55.4 Å². The highest BCUT2D eigenvalue weighted by Gasteiger charge is 2.23. The van der Waals surface area contributed by atoms with Crippen molar-refractivity contribution in [3.05, 3.63) is 53.6 Å². The number of thioether (sulfide) groups is 1. The van der Waals surface area contributed by atoms with Crippen molar-refractivity contribution < 1.29 is 42.5 Å². The molecule has 0 aliphatic carbocycles. The Morgan fingerprint density at radius 1 is 1.09 bits per heavy atom. The van der Waals surface area contributed by atoms with Gasteiger partial charge in [-0.15, -0.1) is 0 Å². The maximum absolute atomic E-state index is 14.2. The van der Waals surface area contributed by atoms with E-state index in [1.165, 1.54) is 24.3 Å². The molecule has 1 atom stereocenters. The molecule has 8 nitrogen and oxygen atoms in total. The zero-order valence-corrected chi connectivity index (χ0v) is 18.7. The second-order valence-electron chi connectivity index (χ2n) is 7.04. The van der Waals surface area contributed by atoms with Crippen LogP contribution in [0, 0.1) is 11.6 Å². The minimum absolute atomic E-state index is 0.0156. The number of carbonyl (C=O) groups excluding carboxylic acids is 3. The molecular formula is C22H21F2NO7S. The van der Waals surface area contributed by atoms with Gasteiger partial charge in [0.1, 0.15) is 29.0 Å². The Morgan fingerprint density at radius 3 is 2.36 bits per heavy atom. The molecule has 0 aromatic heterocycles. The van der Waals surface area contributed by atoms with Crippen LogP contribution in [0.3, 0.4) is 0 Å². The fourth-order valence-electron chi connectivity index (χ4n) is 2.64. The number of hydrogen-bond donors (Lipinski definition) is 2. The molecule has 0 radical (unpaired) electrons. The Kier molecular flexibility index (Phi) is 8.92. The van der Waals surface area contributed by atoms with Crippen LogP contribution in [-0.2, 0) is 14.3 Å². The number of carbonyl (C=O) groups is 4. The standard InChI is InChI=1S/C22H21F2NO7S/c1-11(2)31-21(29)16-8-13(15-6-5-14(23)9-17(15)24)4-7-19(16)32-22(30)33-10-18(20(27)28)25-12(3)26/h4-9,11,18H,10H2,1-3H3,(H,25,26)(H,27,28)/t18-/m1/s1. The number of aliphatic carboxylic acids is 1. The summed E-state index contributed by atoms with van der Waals surface area (Å²) in [6.07, 6.45) is -0.504. The van der Waals surface area contributed by atoms with Crippen LogP contribution in [0.5, 0.6) is 5.75 Å². The number of hydrogen-bond acceptors (Lipinski definition) is 7. The highest BCUT2D eigenvalue weighted by Crippen LogP contribution is 2.30. The Morgan fingerprint density at radius 2 is 1.79 bits per heavy atom. The molecule has 0 spiro atoms. The van der Waals surface area contributed by atoms with E-state index >= 15 is 0 Å². The quantitative estimate of drug-likeness (QED) is 0.543. The number of halogens is 2. The number of carboxylic acid groups (broad SMARTS) is 1. The lowest BCUT2D eigenvalue weighted by Crippen LogP contribution is -2.41. The van der Waals surface area contributed by atoms with Gasteiger partial charge in [-0.1, -0.05) is 6.07 Å². The fraction of sp³-hybridized carbons (Fsp3) is 0.273. The average Bonchev–Trinajstić information content (AvgIpc) is 2.70. The van der Waals surface area contributed by atoms with Crippen molar-refractivity contribution in [2.24, 2.45) is 0 Å². The Labute approximate surface area is 192 Å². The summed E-state index contributed by atoms with van der Waals surface area (Å²) in [7, 11) is 0. The molecule has 33 heavy (non-hydrogen) atoms. The van der Waals surface area contributed by atoms with Crippen LogP contribution in [0.2, 0.25) is 0 Å². The van der Waals surface area contributed by atoms with Crippen LogP contribution in [0.15, 0.2) is 36.4 Å². The molecule has 2 rings (SSSR count). The first kappa shape index (κ1) is 25.8. The monoisotopic (exact) mass is 481 g/mol. The molecule has 0 saturated carbocycles. The van der Waals surface area contributed by atoms with Gasteiger partial charge in [-0.25, -0.2) is 23.2 Å². The summed E-state index contributed by atoms with van der Waals surface area (Å²) in [4.78, 5) is 47.1. The predicted octanol–water partition coefficient (Wildman–Crippen LogP) is 4.02. The number of amides is 1. The molecular weight excluding hydrogens is 460 g/mol. The minimum atomic E-state index is -1.34. The summed E-state index contributed by atoms with van der Waals surface area (Å²) in [5, 5.41) is 10.4. The lowest BCUT2D eigenvalue weighted by molar-refractivity contribution is -0.140. The van der Waals surface area contributed by atoms with Gasteiger partial charge in [0.25, 0.3) is 0 Å². The Bertz CT molecular complexity index is 1070. The van der Waals surface area contributed by atoms with Crippen molar-refractivity contribution in [2.45, 2.75) is 32.9 Å². The Balaban J connectivity index is 2.29. The summed E-state index contributed by atoms with van der Waals surface area (Å²) >= 11 is 0.478. The van der Waals surface area contributed by atoms with E-state index < -0.39 is 46.9 Å². The highest BCUT2D eigenvalue weighted by atomic mass is 32.2. The molecule has 2 N–H and O–H groups in total. The zero-order chi connectivity index (χ0) is 24.7. The lowest BCUT2D eigenvalue weighted by atomic mass is 10.0. The number of rotatable bonds is 8. The van der Waals surface area contributed by atoms with E-state index in [-0.39, 0.29) is 28.2 Å². The topological polar surface area (TPSA) is 119 Å². The van der Waals surface area contributed by atoms with Gasteiger partial charge < -0.3 is 19.9 Å². The third kappa shape index (κ3) is 7.56. The fourth-order valence-corrected chi connectivity index (χ4v) is 3.32. The normalized spacial score (nSPS) is 11.6. The molecule has 11 heteroatoms. The van der Waals surface area contributed by atoms with Gasteiger partial charge in [0, 0.05) is 24.3 Å². The van der Waals surface area contributed by atoms with Crippen LogP contribution in [0.25, 0.3) is 11.1 Å². The van der Waals surface area contributed by atoms with Crippen LogP contribution in [0.1, 0.15) is 31.1 Å². The molecule has 2 aromatic rings. The third-order valence-corrected chi connectivity index (χ3v) is 4.84. The number of benzene rings is 2. The largest absolute Gasteiger partial charge is 0.480 e. The molecule has 2 aromatic carbocycles. The van der Waals surface area contributed by atoms with Crippen LogP contribution < -0.4 is 10.1 Å². The predicted molar refractivity (Wildman–Crippen MR) is 116 cm³/mol. The minimum Gasteiger partial charge on any atom is -0.480 e. The van der Waals surface area contributed by atoms with Crippen molar-refractivity contribution in [2.75, 3.05) is 5.75 Å². The molecule has 176 valence electrons. The molecule has 1 amide bonds. The maximum Gasteiger partial charge on any atom is 0.372 e. The van der Waals surface area contributed by atoms with Gasteiger partial charge in [-0.3, -0.25) is 4.79 Å². The first-order valence-corrected chi connectivity index (χ1v) is 10.6. The van der Waals surface area contributed by atoms with E-state index in [0.717, 1.165) is 13.0 Å². The summed E-state index contributed by atoms with van der Waals surface area (Å²) in [6, 6.07) is 5.49. The summed E-state index contributed by atoms with van der Waals surface area (Å²) in [5.41, 5.74) is 0.0460. The number of esters is 1. The van der Waals surface area contributed by atoms with Crippen molar-refractivity contribution in [1.82, 2.24) is 5.32 Å². The molecule has 0 heterocycles. The summed E-state index contributed by atoms with van der Waals surface area (Å²) in [5.74, 6) is -4.90. The van der Waals surface area contributed by atoms with Gasteiger partial charge >= 0.3 is 17.2 Å². The third-order valence-electron chi connectivity index (χ3n) is 4.02. The molecule has 0 fully saturated rings. The molecule has 0 bridgehead atoms. The molecule has 0 aliphatic heterocycles. The maximum atomic E-state index is 14.2. The smallest absolute Gasteiger partial charge is 0.372 e. The number of ether oxygens (including phenoxy) is 2. The zero-order valence-electron chi connectivity index (χ0n) is 17.9. The SMILES string of the molecule is CC(=O)N[C@H](CSC(=O)Oc1ccc(-c2ccc(F)cc2F)cc1C(=O)OC(C)C)C(=O)O. The number of nitrogens with one attached hydrogen (secondary N) is 1. The van der Waals surface area contributed by atoms with E-state index in [4.69, 9.17) is 14.6 Å². The lowest BCUT2D eigenvalue weighted by Gasteiger charge is -2.15. The highest BCUT2D eigenvalue weighted by molar-refractivity contribution is 8.13. The first-order chi connectivity index (χ1) is 15.5. The van der Waals surface area contributed by atoms with E-state index in [9.17, 15) is 28.0 Å². The second-order valence-corrected chi connectivity index (χ2v) is 8.00. The van der Waals surface area contributed by atoms with Gasteiger partial charge in [0.05, 0.1) is 6.10 Å². The van der Waals surface area contributed by atoms with Gasteiger partial charge in [-0.2, -0.15) is 0 Å². The van der Waals surface area contributed by atoms with Gasteiger partial charge in [0.15, 0.2) is 0 Å². The van der Waals surface area contributed by atoms with Crippen molar-refractivity contribution >= 4 is 34.9 Å². The van der Waals surface area contributed by atoms with E-state index in [2.05, 4.69) is 5.32 Å². The van der Waals surface area contributed by atoms with Gasteiger partial charge in [0.2, 0.25) is 5.91 Å².